The Bertz CT molecular complexity index is 724. The maximum atomic E-state index is 12.0. The minimum absolute atomic E-state index is 0.144. The van der Waals surface area contributed by atoms with Crippen molar-refractivity contribution in [1.29, 1.82) is 0 Å². The van der Waals surface area contributed by atoms with Crippen LogP contribution in [0.3, 0.4) is 0 Å². The van der Waals surface area contributed by atoms with Crippen molar-refractivity contribution in [2.24, 2.45) is 5.92 Å². The first-order valence-electron chi connectivity index (χ1n) is 9.09. The number of carbonyl (C=O) groups excluding carboxylic acids is 1. The summed E-state index contributed by atoms with van der Waals surface area (Å²) in [6, 6.07) is 10.6. The third-order valence-corrected chi connectivity index (χ3v) is 5.94. The molecule has 4 heteroatoms. The number of esters is 1. The fourth-order valence-corrected chi connectivity index (χ4v) is 4.84. The maximum absolute atomic E-state index is 12.0. The van der Waals surface area contributed by atoms with Crippen LogP contribution in [0.2, 0.25) is 0 Å². The predicted molar refractivity (Wildman–Crippen MR) is 95.5 cm³/mol. The van der Waals surface area contributed by atoms with Gasteiger partial charge in [0.05, 0.1) is 19.8 Å². The molecule has 1 aromatic carbocycles. The summed E-state index contributed by atoms with van der Waals surface area (Å²) in [5.41, 5.74) is 3.38. The Balaban J connectivity index is 1.80. The zero-order valence-electron chi connectivity index (χ0n) is 14.9. The molecule has 0 radical (unpaired) electrons. The van der Waals surface area contributed by atoms with E-state index in [9.17, 15) is 4.79 Å². The van der Waals surface area contributed by atoms with E-state index in [1.165, 1.54) is 18.2 Å². The highest BCUT2D eigenvalue weighted by Crippen LogP contribution is 2.55. The van der Waals surface area contributed by atoms with Crippen molar-refractivity contribution in [3.05, 3.63) is 59.3 Å². The Morgan fingerprint density at radius 1 is 1.36 bits per heavy atom. The van der Waals surface area contributed by atoms with Crippen LogP contribution in [-0.2, 0) is 14.3 Å². The molecule has 25 heavy (non-hydrogen) atoms. The lowest BCUT2D eigenvalue weighted by Gasteiger charge is -2.52. The molecule has 0 saturated carbocycles. The quantitative estimate of drug-likeness (QED) is 0.464. The first-order valence-corrected chi connectivity index (χ1v) is 9.09. The highest BCUT2D eigenvalue weighted by molar-refractivity contribution is 5.82. The fraction of sp³-hybridized carbons (Fsp3) is 0.476. The first kappa shape index (κ1) is 16.4. The van der Waals surface area contributed by atoms with Crippen molar-refractivity contribution in [2.75, 3.05) is 13.7 Å². The average Bonchev–Trinajstić information content (AvgIpc) is 3.02. The molecule has 4 rings (SSSR count). The molecule has 1 aromatic rings. The van der Waals surface area contributed by atoms with E-state index in [2.05, 4.69) is 42.2 Å². The first-order chi connectivity index (χ1) is 12.2. The zero-order valence-corrected chi connectivity index (χ0v) is 14.9. The fourth-order valence-electron chi connectivity index (χ4n) is 4.84. The second-order valence-corrected chi connectivity index (χ2v) is 7.19. The van der Waals surface area contributed by atoms with Crippen molar-refractivity contribution in [1.82, 2.24) is 4.90 Å². The van der Waals surface area contributed by atoms with Crippen LogP contribution >= 0.6 is 0 Å². The van der Waals surface area contributed by atoms with E-state index in [0.29, 0.717) is 12.5 Å². The molecule has 0 aromatic heterocycles. The summed E-state index contributed by atoms with van der Waals surface area (Å²) in [4.78, 5) is 14.3. The summed E-state index contributed by atoms with van der Waals surface area (Å²) in [5, 5.41) is 0. The van der Waals surface area contributed by atoms with Gasteiger partial charge < -0.3 is 14.4 Å². The molecule has 3 atom stereocenters. The summed E-state index contributed by atoms with van der Waals surface area (Å²) in [7, 11) is 1.43. The lowest BCUT2D eigenvalue weighted by atomic mass is 9.73. The lowest BCUT2D eigenvalue weighted by molar-refractivity contribution is -0.137. The topological polar surface area (TPSA) is 38.8 Å². The van der Waals surface area contributed by atoms with Crippen LogP contribution in [0.5, 0.6) is 0 Å². The SMILES string of the molecule is COC(=O)/C=C1\CC[C@H]2C(C)=CCC[C@]23OC[C@@H](c2ccccc2)N13. The van der Waals surface area contributed by atoms with E-state index >= 15 is 0 Å². The number of benzene rings is 1. The molecule has 3 aliphatic rings. The van der Waals surface area contributed by atoms with E-state index < -0.39 is 0 Å². The number of carbonyl (C=O) groups is 1. The van der Waals surface area contributed by atoms with Gasteiger partial charge in [0.15, 0.2) is 0 Å². The number of rotatable bonds is 2. The van der Waals surface area contributed by atoms with Gasteiger partial charge in [0, 0.05) is 17.7 Å². The van der Waals surface area contributed by atoms with Gasteiger partial charge >= 0.3 is 5.97 Å². The molecule has 1 aliphatic carbocycles. The van der Waals surface area contributed by atoms with Crippen LogP contribution in [0.1, 0.15) is 44.2 Å². The van der Waals surface area contributed by atoms with Crippen LogP contribution in [0.25, 0.3) is 0 Å². The number of nitrogens with zero attached hydrogens (tertiary/aromatic N) is 1. The number of ether oxygens (including phenoxy) is 2. The minimum Gasteiger partial charge on any atom is -0.466 e. The van der Waals surface area contributed by atoms with Gasteiger partial charge in [-0.05, 0) is 38.2 Å². The molecule has 2 aliphatic heterocycles. The standard InChI is InChI=1S/C21H25NO3/c1-15-7-6-12-21-18(15)11-10-17(13-20(23)24-2)22(21)19(14-25-21)16-8-4-3-5-9-16/h3-5,7-9,13,18-19H,6,10-12,14H2,1-2H3/b17-13+/t18-,19-,21-/m0/s1. The van der Waals surface area contributed by atoms with Crippen molar-refractivity contribution in [3.8, 4) is 0 Å². The number of hydrogen-bond donors (Lipinski definition) is 0. The normalized spacial score (nSPS) is 32.8. The summed E-state index contributed by atoms with van der Waals surface area (Å²) >= 11 is 0. The van der Waals surface area contributed by atoms with E-state index in [1.807, 2.05) is 6.07 Å². The van der Waals surface area contributed by atoms with Gasteiger partial charge in [0.1, 0.15) is 5.72 Å². The Labute approximate surface area is 149 Å². The number of methoxy groups -OCH3 is 1. The van der Waals surface area contributed by atoms with E-state index in [0.717, 1.165) is 31.4 Å². The molecule has 4 nitrogen and oxygen atoms in total. The van der Waals surface area contributed by atoms with Crippen molar-refractivity contribution in [2.45, 2.75) is 44.4 Å². The van der Waals surface area contributed by atoms with Crippen molar-refractivity contribution < 1.29 is 14.3 Å². The van der Waals surface area contributed by atoms with Crippen LogP contribution in [0.15, 0.2) is 53.8 Å². The maximum Gasteiger partial charge on any atom is 0.332 e. The largest absolute Gasteiger partial charge is 0.466 e. The molecule has 2 heterocycles. The van der Waals surface area contributed by atoms with Gasteiger partial charge in [-0.3, -0.25) is 0 Å². The van der Waals surface area contributed by atoms with Crippen LogP contribution in [-0.4, -0.2) is 30.3 Å². The number of piperidine rings is 1. The Morgan fingerprint density at radius 2 is 2.16 bits per heavy atom. The second-order valence-electron chi connectivity index (χ2n) is 7.19. The monoisotopic (exact) mass is 339 g/mol. The molecular weight excluding hydrogens is 314 g/mol. The zero-order chi connectivity index (χ0) is 17.4. The Kier molecular flexibility index (Phi) is 4.16. The molecule has 0 bridgehead atoms. The molecule has 2 saturated heterocycles. The molecular formula is C21H25NO3. The van der Waals surface area contributed by atoms with Crippen LogP contribution in [0, 0.1) is 5.92 Å². The van der Waals surface area contributed by atoms with Crippen LogP contribution < -0.4 is 0 Å². The molecule has 0 N–H and O–H groups in total. The molecule has 0 unspecified atom stereocenters. The summed E-state index contributed by atoms with van der Waals surface area (Å²) < 4.78 is 11.4. The predicted octanol–water partition coefficient (Wildman–Crippen LogP) is 3.96. The van der Waals surface area contributed by atoms with E-state index in [4.69, 9.17) is 9.47 Å². The second kappa shape index (κ2) is 6.34. The van der Waals surface area contributed by atoms with Crippen LogP contribution in [0.4, 0.5) is 0 Å². The average molecular weight is 339 g/mol. The smallest absolute Gasteiger partial charge is 0.332 e. The van der Waals surface area contributed by atoms with Crippen molar-refractivity contribution in [3.63, 3.8) is 0 Å². The molecule has 1 spiro atoms. The molecule has 132 valence electrons. The third-order valence-electron chi connectivity index (χ3n) is 5.94. The van der Waals surface area contributed by atoms with E-state index in [-0.39, 0.29) is 17.7 Å². The molecule has 0 amide bonds. The molecule has 2 fully saturated rings. The van der Waals surface area contributed by atoms with Gasteiger partial charge in [0.2, 0.25) is 0 Å². The highest BCUT2D eigenvalue weighted by Gasteiger charge is 2.56. The minimum atomic E-state index is -0.322. The lowest BCUT2D eigenvalue weighted by Crippen LogP contribution is -2.55. The Morgan fingerprint density at radius 3 is 2.92 bits per heavy atom. The van der Waals surface area contributed by atoms with Gasteiger partial charge in [-0.25, -0.2) is 4.79 Å². The summed E-state index contributed by atoms with van der Waals surface area (Å²) in [6.45, 7) is 2.88. The van der Waals surface area contributed by atoms with E-state index in [1.54, 1.807) is 6.08 Å². The Hall–Kier alpha value is -2.07. The van der Waals surface area contributed by atoms with Gasteiger partial charge in [-0.2, -0.15) is 0 Å². The summed E-state index contributed by atoms with van der Waals surface area (Å²) in [5.74, 6) is 0.107. The number of hydrogen-bond acceptors (Lipinski definition) is 4. The van der Waals surface area contributed by atoms with Gasteiger partial charge in [-0.15, -0.1) is 0 Å². The summed E-state index contributed by atoms with van der Waals surface area (Å²) in [6.07, 6.45) is 7.89. The van der Waals surface area contributed by atoms with Crippen molar-refractivity contribution >= 4 is 5.97 Å². The van der Waals surface area contributed by atoms with Gasteiger partial charge in [-0.1, -0.05) is 42.0 Å². The van der Waals surface area contributed by atoms with Gasteiger partial charge in [0.25, 0.3) is 0 Å². The third kappa shape index (κ3) is 2.60. The highest BCUT2D eigenvalue weighted by atomic mass is 16.5. The number of allylic oxidation sites excluding steroid dienone is 2.